The molecule has 84 valence electrons. The maximum absolute atomic E-state index is 10.6. The Kier molecular flexibility index (Phi) is 2.96. The predicted molar refractivity (Wildman–Crippen MR) is 60.3 cm³/mol. The van der Waals surface area contributed by atoms with E-state index in [1.807, 2.05) is 0 Å². The Morgan fingerprint density at radius 1 is 1.50 bits per heavy atom. The minimum Gasteiger partial charge on any atom is -0.425 e. The molecule has 1 N–H and O–H groups in total. The highest BCUT2D eigenvalue weighted by atomic mass is 35.5. The summed E-state index contributed by atoms with van der Waals surface area (Å²) < 4.78 is 5.47. The number of nitrogens with zero attached hydrogens (tertiary/aromatic N) is 2. The van der Waals surface area contributed by atoms with Gasteiger partial charge in [-0.1, -0.05) is 11.6 Å². The van der Waals surface area contributed by atoms with E-state index >= 15 is 0 Å². The lowest BCUT2D eigenvalue weighted by molar-refractivity contribution is -0.111. The van der Waals surface area contributed by atoms with Crippen LogP contribution < -0.4 is 10.2 Å². The number of carbonyl (C=O) groups is 1. The third-order valence-corrected chi connectivity index (χ3v) is 2.42. The van der Waals surface area contributed by atoms with E-state index in [4.69, 9.17) is 16.3 Å². The van der Waals surface area contributed by atoms with Crippen LogP contribution in [0, 0.1) is 0 Å². The van der Waals surface area contributed by atoms with Gasteiger partial charge in [0, 0.05) is 12.1 Å². The molecule has 0 radical (unpaired) electrons. The Morgan fingerprint density at radius 3 is 2.75 bits per heavy atom. The SMILES string of the molecule is CN1C(Oc2ccc(Cl)cc2)=NNC1C=O. The Hall–Kier alpha value is -1.75. The fraction of sp³-hybridized carbons (Fsp3) is 0.200. The van der Waals surface area contributed by atoms with Crippen molar-refractivity contribution in [2.24, 2.45) is 5.10 Å². The van der Waals surface area contributed by atoms with Crippen LogP contribution in [-0.2, 0) is 4.79 Å². The van der Waals surface area contributed by atoms with Crippen LogP contribution in [0.25, 0.3) is 0 Å². The first-order valence-corrected chi connectivity index (χ1v) is 5.03. The maximum Gasteiger partial charge on any atom is 0.316 e. The number of ether oxygens (including phenoxy) is 1. The van der Waals surface area contributed by atoms with Crippen LogP contribution in [0.2, 0.25) is 5.02 Å². The average Bonchev–Trinajstić information content (AvgIpc) is 2.63. The largest absolute Gasteiger partial charge is 0.425 e. The van der Waals surface area contributed by atoms with E-state index in [1.54, 1.807) is 36.2 Å². The minimum absolute atomic E-state index is 0.347. The van der Waals surface area contributed by atoms with Crippen molar-refractivity contribution in [1.29, 1.82) is 0 Å². The van der Waals surface area contributed by atoms with Crippen molar-refractivity contribution >= 4 is 23.9 Å². The van der Waals surface area contributed by atoms with Gasteiger partial charge in [0.25, 0.3) is 0 Å². The highest BCUT2D eigenvalue weighted by Gasteiger charge is 2.25. The Morgan fingerprint density at radius 2 is 2.19 bits per heavy atom. The summed E-state index contributed by atoms with van der Waals surface area (Å²) in [4.78, 5) is 12.2. The number of amidine groups is 1. The number of carbonyl (C=O) groups excluding carboxylic acids is 1. The van der Waals surface area contributed by atoms with Gasteiger partial charge in [-0.05, 0) is 24.3 Å². The number of halogens is 1. The van der Waals surface area contributed by atoms with E-state index < -0.39 is 6.17 Å². The number of aldehydes is 1. The number of rotatable bonds is 2. The van der Waals surface area contributed by atoms with Crippen LogP contribution >= 0.6 is 11.6 Å². The van der Waals surface area contributed by atoms with Gasteiger partial charge in [0.1, 0.15) is 5.75 Å². The van der Waals surface area contributed by atoms with E-state index in [0.29, 0.717) is 16.8 Å². The Labute approximate surface area is 97.6 Å². The highest BCUT2D eigenvalue weighted by molar-refractivity contribution is 6.30. The van der Waals surface area contributed by atoms with Crippen molar-refractivity contribution in [2.45, 2.75) is 6.17 Å². The van der Waals surface area contributed by atoms with Crippen LogP contribution in [0.15, 0.2) is 29.4 Å². The fourth-order valence-corrected chi connectivity index (χ4v) is 1.36. The molecule has 1 aliphatic rings. The summed E-state index contributed by atoms with van der Waals surface area (Å²) in [6.07, 6.45) is 0.282. The molecule has 1 atom stereocenters. The summed E-state index contributed by atoms with van der Waals surface area (Å²) >= 11 is 5.75. The molecule has 0 amide bonds. The molecule has 6 heteroatoms. The summed E-state index contributed by atoms with van der Waals surface area (Å²) in [6, 6.07) is 7.24. The van der Waals surface area contributed by atoms with Crippen molar-refractivity contribution in [1.82, 2.24) is 10.3 Å². The molecule has 0 saturated carbocycles. The van der Waals surface area contributed by atoms with Crippen molar-refractivity contribution in [3.8, 4) is 5.75 Å². The molecule has 5 nitrogen and oxygen atoms in total. The number of hydrogen-bond donors (Lipinski definition) is 1. The second-order valence-corrected chi connectivity index (χ2v) is 3.71. The molecule has 16 heavy (non-hydrogen) atoms. The van der Waals surface area contributed by atoms with Crippen molar-refractivity contribution in [3.05, 3.63) is 29.3 Å². The molecule has 0 spiro atoms. The molecule has 1 aromatic rings. The first kappa shape index (κ1) is 10.8. The van der Waals surface area contributed by atoms with Gasteiger partial charge >= 0.3 is 6.02 Å². The van der Waals surface area contributed by atoms with Gasteiger partial charge in [0.15, 0.2) is 12.5 Å². The molecule has 1 aliphatic heterocycles. The lowest BCUT2D eigenvalue weighted by Crippen LogP contribution is -2.39. The van der Waals surface area contributed by atoms with Crippen LogP contribution in [0.4, 0.5) is 0 Å². The first-order valence-electron chi connectivity index (χ1n) is 4.65. The van der Waals surface area contributed by atoms with Crippen LogP contribution in [-0.4, -0.2) is 30.4 Å². The zero-order valence-corrected chi connectivity index (χ0v) is 9.31. The lowest BCUT2D eigenvalue weighted by Gasteiger charge is -2.16. The topological polar surface area (TPSA) is 53.9 Å². The summed E-state index contributed by atoms with van der Waals surface area (Å²) in [5.74, 6) is 0.614. The summed E-state index contributed by atoms with van der Waals surface area (Å²) in [7, 11) is 1.72. The summed E-state index contributed by atoms with van der Waals surface area (Å²) in [5.41, 5.74) is 2.63. The number of hydrogen-bond acceptors (Lipinski definition) is 5. The lowest BCUT2D eigenvalue weighted by atomic mass is 10.3. The van der Waals surface area contributed by atoms with Gasteiger partial charge in [0.05, 0.1) is 0 Å². The van der Waals surface area contributed by atoms with Gasteiger partial charge in [0.2, 0.25) is 0 Å². The molecular formula is C10H10ClN3O2. The van der Waals surface area contributed by atoms with E-state index in [0.717, 1.165) is 6.29 Å². The molecule has 0 aromatic heterocycles. The van der Waals surface area contributed by atoms with E-state index in [9.17, 15) is 4.79 Å². The summed E-state index contributed by atoms with van der Waals surface area (Å²) in [5, 5.41) is 4.53. The number of benzene rings is 1. The third kappa shape index (κ3) is 2.09. The second-order valence-electron chi connectivity index (χ2n) is 3.27. The van der Waals surface area contributed by atoms with Crippen molar-refractivity contribution < 1.29 is 9.53 Å². The first-order chi connectivity index (χ1) is 7.70. The molecule has 1 aromatic carbocycles. The maximum atomic E-state index is 10.6. The number of likely N-dealkylation sites (N-methyl/N-ethyl adjacent to an activating group) is 1. The van der Waals surface area contributed by atoms with Crippen molar-refractivity contribution in [3.63, 3.8) is 0 Å². The normalized spacial score (nSPS) is 19.0. The Bertz CT molecular complexity index is 419. The van der Waals surface area contributed by atoms with Crippen molar-refractivity contribution in [2.75, 3.05) is 7.05 Å². The smallest absolute Gasteiger partial charge is 0.316 e. The molecule has 0 bridgehead atoms. The quantitative estimate of drug-likeness (QED) is 0.784. The molecular weight excluding hydrogens is 230 g/mol. The average molecular weight is 240 g/mol. The standard InChI is InChI=1S/C10H10ClN3O2/c1-14-9(6-15)12-13-10(14)16-8-4-2-7(11)3-5-8/h2-6,9,12H,1H3. The van der Waals surface area contributed by atoms with Crippen LogP contribution in [0.3, 0.4) is 0 Å². The van der Waals surface area contributed by atoms with Gasteiger partial charge in [-0.3, -0.25) is 15.1 Å². The van der Waals surface area contributed by atoms with E-state index in [1.165, 1.54) is 0 Å². The predicted octanol–water partition coefficient (Wildman–Crippen LogP) is 1.05. The fourth-order valence-electron chi connectivity index (χ4n) is 1.23. The van der Waals surface area contributed by atoms with Gasteiger partial charge < -0.3 is 4.74 Å². The van der Waals surface area contributed by atoms with Crippen LogP contribution in [0.5, 0.6) is 5.75 Å². The zero-order chi connectivity index (χ0) is 11.5. The van der Waals surface area contributed by atoms with Gasteiger partial charge in [-0.2, -0.15) is 0 Å². The van der Waals surface area contributed by atoms with Gasteiger partial charge in [-0.25, -0.2) is 0 Å². The van der Waals surface area contributed by atoms with Gasteiger partial charge in [-0.15, -0.1) is 5.10 Å². The second kappa shape index (κ2) is 4.40. The Balaban J connectivity index is 2.06. The monoisotopic (exact) mass is 239 g/mol. The minimum atomic E-state index is -0.470. The zero-order valence-electron chi connectivity index (χ0n) is 8.55. The molecule has 0 aliphatic carbocycles. The molecule has 0 saturated heterocycles. The summed E-state index contributed by atoms with van der Waals surface area (Å²) in [6.45, 7) is 0. The van der Waals surface area contributed by atoms with E-state index in [2.05, 4.69) is 10.5 Å². The molecule has 1 unspecified atom stereocenters. The molecule has 2 rings (SSSR count). The highest BCUT2D eigenvalue weighted by Crippen LogP contribution is 2.17. The molecule has 1 heterocycles. The number of nitrogens with one attached hydrogen (secondary N) is 1. The number of hydrazone groups is 1. The molecule has 0 fully saturated rings. The van der Waals surface area contributed by atoms with Crippen LogP contribution in [0.1, 0.15) is 0 Å². The van der Waals surface area contributed by atoms with E-state index in [-0.39, 0.29) is 0 Å². The third-order valence-electron chi connectivity index (χ3n) is 2.16.